The van der Waals surface area contributed by atoms with Crippen molar-refractivity contribution in [2.24, 2.45) is 5.73 Å². The lowest BCUT2D eigenvalue weighted by atomic mass is 9.99. The Labute approximate surface area is 93.1 Å². The minimum absolute atomic E-state index is 0.151. The molecule has 15 heavy (non-hydrogen) atoms. The standard InChI is InChI=1S/C13H22N2/c1-5-15(4)13(11(3)14)12-8-6-10(2)7-9-12/h6-9,11,13H,5,14H2,1-4H3. The van der Waals surface area contributed by atoms with Crippen molar-refractivity contribution in [1.82, 2.24) is 4.90 Å². The molecule has 0 saturated carbocycles. The van der Waals surface area contributed by atoms with Crippen LogP contribution in [-0.2, 0) is 0 Å². The van der Waals surface area contributed by atoms with Gasteiger partial charge in [-0.15, -0.1) is 0 Å². The molecule has 1 aromatic carbocycles. The topological polar surface area (TPSA) is 29.3 Å². The molecule has 84 valence electrons. The summed E-state index contributed by atoms with van der Waals surface area (Å²) in [6.45, 7) is 7.34. The molecular weight excluding hydrogens is 184 g/mol. The van der Waals surface area contributed by atoms with Crippen LogP contribution in [0.1, 0.15) is 31.0 Å². The zero-order valence-electron chi connectivity index (χ0n) is 10.2. The van der Waals surface area contributed by atoms with E-state index in [0.29, 0.717) is 6.04 Å². The van der Waals surface area contributed by atoms with Crippen LogP contribution in [0.4, 0.5) is 0 Å². The van der Waals surface area contributed by atoms with E-state index in [-0.39, 0.29) is 6.04 Å². The van der Waals surface area contributed by atoms with Crippen LogP contribution in [0, 0.1) is 6.92 Å². The Morgan fingerprint density at radius 3 is 2.20 bits per heavy atom. The van der Waals surface area contributed by atoms with Gasteiger partial charge in [-0.25, -0.2) is 0 Å². The van der Waals surface area contributed by atoms with E-state index in [9.17, 15) is 0 Å². The third-order valence-corrected chi connectivity index (χ3v) is 2.89. The van der Waals surface area contributed by atoms with Crippen LogP contribution in [0.15, 0.2) is 24.3 Å². The summed E-state index contributed by atoms with van der Waals surface area (Å²) in [6, 6.07) is 9.11. The number of hydrogen-bond acceptors (Lipinski definition) is 2. The monoisotopic (exact) mass is 206 g/mol. The van der Waals surface area contributed by atoms with Crippen molar-refractivity contribution in [2.75, 3.05) is 13.6 Å². The fourth-order valence-electron chi connectivity index (χ4n) is 1.92. The van der Waals surface area contributed by atoms with E-state index in [4.69, 9.17) is 5.73 Å². The molecule has 1 rings (SSSR count). The largest absolute Gasteiger partial charge is 0.326 e. The summed E-state index contributed by atoms with van der Waals surface area (Å²) in [7, 11) is 2.12. The van der Waals surface area contributed by atoms with Crippen molar-refractivity contribution in [3.63, 3.8) is 0 Å². The first-order valence-corrected chi connectivity index (χ1v) is 5.58. The molecule has 2 N–H and O–H groups in total. The summed E-state index contributed by atoms with van der Waals surface area (Å²) in [4.78, 5) is 2.29. The number of nitrogens with two attached hydrogens (primary N) is 1. The van der Waals surface area contributed by atoms with Gasteiger partial charge in [-0.05, 0) is 33.0 Å². The summed E-state index contributed by atoms with van der Waals surface area (Å²) < 4.78 is 0. The van der Waals surface area contributed by atoms with Gasteiger partial charge in [0.1, 0.15) is 0 Å². The van der Waals surface area contributed by atoms with Crippen LogP contribution in [0.3, 0.4) is 0 Å². The molecule has 0 aliphatic heterocycles. The molecule has 2 nitrogen and oxygen atoms in total. The molecule has 0 aliphatic carbocycles. The quantitative estimate of drug-likeness (QED) is 0.819. The van der Waals surface area contributed by atoms with Gasteiger partial charge in [0.15, 0.2) is 0 Å². The van der Waals surface area contributed by atoms with Crippen LogP contribution < -0.4 is 5.73 Å². The highest BCUT2D eigenvalue weighted by molar-refractivity contribution is 5.25. The van der Waals surface area contributed by atoms with Gasteiger partial charge in [0, 0.05) is 12.1 Å². The van der Waals surface area contributed by atoms with Gasteiger partial charge in [-0.3, -0.25) is 4.90 Å². The fraction of sp³-hybridized carbons (Fsp3) is 0.538. The summed E-state index contributed by atoms with van der Waals surface area (Å²) in [5.74, 6) is 0. The van der Waals surface area contributed by atoms with E-state index in [0.717, 1.165) is 6.54 Å². The third-order valence-electron chi connectivity index (χ3n) is 2.89. The van der Waals surface area contributed by atoms with Crippen molar-refractivity contribution < 1.29 is 0 Å². The molecule has 0 heterocycles. The second kappa shape index (κ2) is 5.29. The van der Waals surface area contributed by atoms with Crippen molar-refractivity contribution in [1.29, 1.82) is 0 Å². The zero-order chi connectivity index (χ0) is 11.4. The van der Waals surface area contributed by atoms with Crippen LogP contribution in [0.25, 0.3) is 0 Å². The molecule has 2 atom stereocenters. The summed E-state index contributed by atoms with van der Waals surface area (Å²) in [5, 5.41) is 0. The number of rotatable bonds is 4. The zero-order valence-corrected chi connectivity index (χ0v) is 10.2. The number of hydrogen-bond donors (Lipinski definition) is 1. The van der Waals surface area contributed by atoms with Crippen molar-refractivity contribution >= 4 is 0 Å². The maximum absolute atomic E-state index is 6.04. The van der Waals surface area contributed by atoms with Gasteiger partial charge in [-0.2, -0.15) is 0 Å². The highest BCUT2D eigenvalue weighted by Crippen LogP contribution is 2.22. The molecule has 0 aromatic heterocycles. The molecule has 2 unspecified atom stereocenters. The second-order valence-electron chi connectivity index (χ2n) is 4.29. The predicted molar refractivity (Wildman–Crippen MR) is 65.9 cm³/mol. The lowest BCUT2D eigenvalue weighted by Gasteiger charge is -2.30. The normalized spacial score (nSPS) is 15.3. The first-order valence-electron chi connectivity index (χ1n) is 5.58. The molecular formula is C13H22N2. The highest BCUT2D eigenvalue weighted by atomic mass is 15.1. The molecule has 0 fully saturated rings. The second-order valence-corrected chi connectivity index (χ2v) is 4.29. The van der Waals surface area contributed by atoms with Gasteiger partial charge < -0.3 is 5.73 Å². The average molecular weight is 206 g/mol. The smallest absolute Gasteiger partial charge is 0.0493 e. The highest BCUT2D eigenvalue weighted by Gasteiger charge is 2.19. The minimum atomic E-state index is 0.151. The molecule has 0 saturated heterocycles. The van der Waals surface area contributed by atoms with E-state index in [1.807, 2.05) is 0 Å². The van der Waals surface area contributed by atoms with E-state index in [1.165, 1.54) is 11.1 Å². The van der Waals surface area contributed by atoms with Gasteiger partial charge in [-0.1, -0.05) is 36.8 Å². The molecule has 1 aromatic rings. The van der Waals surface area contributed by atoms with Crippen LogP contribution in [-0.4, -0.2) is 24.5 Å². The van der Waals surface area contributed by atoms with E-state index in [2.05, 4.69) is 57.0 Å². The molecule has 0 aliphatic rings. The summed E-state index contributed by atoms with van der Waals surface area (Å²) in [5.41, 5.74) is 8.64. The molecule has 2 heteroatoms. The van der Waals surface area contributed by atoms with Gasteiger partial charge in [0.2, 0.25) is 0 Å². The summed E-state index contributed by atoms with van der Waals surface area (Å²) in [6.07, 6.45) is 0. The van der Waals surface area contributed by atoms with Gasteiger partial charge in [0.25, 0.3) is 0 Å². The number of likely N-dealkylation sites (N-methyl/N-ethyl adjacent to an activating group) is 1. The van der Waals surface area contributed by atoms with Crippen LogP contribution in [0.5, 0.6) is 0 Å². The Bertz CT molecular complexity index is 290. The Morgan fingerprint density at radius 2 is 1.80 bits per heavy atom. The minimum Gasteiger partial charge on any atom is -0.326 e. The molecule has 0 spiro atoms. The SMILES string of the molecule is CCN(C)C(c1ccc(C)cc1)C(C)N. The predicted octanol–water partition coefficient (Wildman–Crippen LogP) is 2.34. The maximum Gasteiger partial charge on any atom is 0.0493 e. The van der Waals surface area contributed by atoms with Crippen molar-refractivity contribution in [3.05, 3.63) is 35.4 Å². The molecule has 0 radical (unpaired) electrons. The van der Waals surface area contributed by atoms with E-state index >= 15 is 0 Å². The van der Waals surface area contributed by atoms with Crippen LogP contribution in [0.2, 0.25) is 0 Å². The van der Waals surface area contributed by atoms with E-state index < -0.39 is 0 Å². The Balaban J connectivity index is 2.94. The van der Waals surface area contributed by atoms with Crippen molar-refractivity contribution in [3.8, 4) is 0 Å². The number of nitrogens with zero attached hydrogens (tertiary/aromatic N) is 1. The van der Waals surface area contributed by atoms with Crippen molar-refractivity contribution in [2.45, 2.75) is 32.9 Å². The Hall–Kier alpha value is -0.860. The lowest BCUT2D eigenvalue weighted by Crippen LogP contribution is -2.37. The molecule has 0 amide bonds. The Morgan fingerprint density at radius 1 is 1.27 bits per heavy atom. The molecule has 0 bridgehead atoms. The Kier molecular flexibility index (Phi) is 4.30. The fourth-order valence-corrected chi connectivity index (χ4v) is 1.92. The van der Waals surface area contributed by atoms with Crippen LogP contribution >= 0.6 is 0 Å². The number of aryl methyl sites for hydroxylation is 1. The number of benzene rings is 1. The maximum atomic E-state index is 6.04. The average Bonchev–Trinajstić information content (AvgIpc) is 2.20. The first-order chi connectivity index (χ1) is 7.06. The van der Waals surface area contributed by atoms with Gasteiger partial charge >= 0.3 is 0 Å². The lowest BCUT2D eigenvalue weighted by molar-refractivity contribution is 0.230. The first kappa shape index (κ1) is 12.2. The summed E-state index contributed by atoms with van der Waals surface area (Å²) >= 11 is 0. The van der Waals surface area contributed by atoms with E-state index in [1.54, 1.807) is 0 Å². The third kappa shape index (κ3) is 3.05. The van der Waals surface area contributed by atoms with Gasteiger partial charge in [0.05, 0.1) is 0 Å².